The van der Waals surface area contributed by atoms with E-state index in [4.69, 9.17) is 0 Å². The van der Waals surface area contributed by atoms with Gasteiger partial charge in [-0.2, -0.15) is 0 Å². The zero-order valence-corrected chi connectivity index (χ0v) is 35.0. The average Bonchev–Trinajstić information content (AvgIpc) is 2.93. The van der Waals surface area contributed by atoms with Gasteiger partial charge in [0.1, 0.15) is 0 Å². The van der Waals surface area contributed by atoms with Crippen LogP contribution in [0.1, 0.15) is 207 Å². The van der Waals surface area contributed by atoms with Crippen LogP contribution in [0, 0.1) is 0 Å². The number of hydrogen-bond acceptors (Lipinski definition) is 6. The van der Waals surface area contributed by atoms with E-state index in [0.717, 1.165) is 51.4 Å². The summed E-state index contributed by atoms with van der Waals surface area (Å²) in [6, 6.07) is 0. The molecule has 0 N–H and O–H groups in total. The van der Waals surface area contributed by atoms with Crippen LogP contribution in [-0.4, -0.2) is 85.3 Å². The Morgan fingerprint density at radius 3 is 0.744 bits per heavy atom. The minimum absolute atomic E-state index is 0. The molecule has 0 saturated carbocycles. The number of hydrogen-bond donors (Lipinski definition) is 0. The molecule has 0 rings (SSSR count). The van der Waals surface area contributed by atoms with Crippen LogP contribution in [-0.2, 0) is 20.2 Å². The summed E-state index contributed by atoms with van der Waals surface area (Å²) in [6.07, 6.45) is 30.4. The molecule has 0 aliphatic heterocycles. The van der Waals surface area contributed by atoms with E-state index >= 15 is 0 Å². The third-order valence-electron chi connectivity index (χ3n) is 8.34. The maximum Gasteiger partial charge on any atom is 2.00 e. The molecule has 9 heteroatoms. The maximum atomic E-state index is 11.2. The fourth-order valence-corrected chi connectivity index (χ4v) is 7.27. The molecule has 0 heterocycles. The number of unbranched alkanes of at least 4 members (excludes halogenated alkanes) is 20. The molecule has 6 nitrogen and oxygen atoms in total. The second kappa shape index (κ2) is 34.7. The Kier molecular flexibility index (Phi) is 39.4. The molecule has 0 radical (unpaired) electrons. The molecule has 2 atom stereocenters. The molecule has 0 spiro atoms. The summed E-state index contributed by atoms with van der Waals surface area (Å²) < 4.78 is 67.0. The van der Waals surface area contributed by atoms with Crippen molar-refractivity contribution in [3.63, 3.8) is 0 Å². The Morgan fingerprint density at radius 2 is 0.535 bits per heavy atom. The summed E-state index contributed by atoms with van der Waals surface area (Å²) in [5, 5.41) is -1.29. The van der Waals surface area contributed by atoms with Crippen LogP contribution in [0.2, 0.25) is 0 Å². The molecule has 0 aromatic carbocycles. The monoisotopic (exact) mass is 776 g/mol. The molecule has 0 aromatic rings. The van der Waals surface area contributed by atoms with Crippen molar-refractivity contribution in [3.8, 4) is 0 Å². The van der Waals surface area contributed by atoms with Gasteiger partial charge in [-0.25, -0.2) is 16.8 Å². The second-order valence-corrected chi connectivity index (χ2v) is 15.8. The first-order valence-corrected chi connectivity index (χ1v) is 20.9. The minimum atomic E-state index is -4.10. The van der Waals surface area contributed by atoms with Crippen LogP contribution in [0.4, 0.5) is 0 Å². The number of rotatable bonds is 30. The average molecular weight is 776 g/mol. The quantitative estimate of drug-likeness (QED) is 0.0408. The van der Waals surface area contributed by atoms with Crippen LogP contribution < -0.4 is 0 Å². The van der Waals surface area contributed by atoms with E-state index in [1.807, 2.05) is 13.8 Å². The Balaban J connectivity index is -0.000000727. The van der Waals surface area contributed by atoms with Gasteiger partial charge in [-0.15, -0.1) is 0 Å². The van der Waals surface area contributed by atoms with Crippen molar-refractivity contribution < 1.29 is 25.9 Å². The zero-order valence-electron chi connectivity index (χ0n) is 28.9. The molecule has 0 fully saturated rings. The van der Waals surface area contributed by atoms with Crippen molar-refractivity contribution in [3.05, 3.63) is 0 Å². The van der Waals surface area contributed by atoms with Gasteiger partial charge >= 0.3 is 48.9 Å². The van der Waals surface area contributed by atoms with Gasteiger partial charge in [0.2, 0.25) is 0 Å². The predicted molar refractivity (Wildman–Crippen MR) is 185 cm³/mol. The molecule has 0 aliphatic rings. The van der Waals surface area contributed by atoms with Crippen molar-refractivity contribution in [2.45, 2.75) is 218 Å². The van der Waals surface area contributed by atoms with Gasteiger partial charge in [0.05, 0.1) is 20.2 Å². The third-order valence-corrected chi connectivity index (χ3v) is 10.9. The first-order valence-electron chi connectivity index (χ1n) is 17.9. The summed E-state index contributed by atoms with van der Waals surface area (Å²) in [5.74, 6) is 0. The van der Waals surface area contributed by atoms with Crippen LogP contribution in [0.3, 0.4) is 0 Å². The van der Waals surface area contributed by atoms with Gasteiger partial charge in [0.15, 0.2) is 0 Å². The van der Waals surface area contributed by atoms with Crippen molar-refractivity contribution in [1.82, 2.24) is 0 Å². The van der Waals surface area contributed by atoms with Crippen LogP contribution in [0.25, 0.3) is 0 Å². The molecule has 0 amide bonds. The van der Waals surface area contributed by atoms with Crippen LogP contribution in [0.5, 0.6) is 0 Å². The first kappa shape index (κ1) is 48.8. The SMILES string of the molecule is CCCCCCCCCCCCC(CCCC)S(=O)(=O)[O-].CCCCCCCCCCCCC(CCCC)S(=O)(=O)[O-].[Ba+2]. The van der Waals surface area contributed by atoms with E-state index in [2.05, 4.69) is 13.8 Å². The van der Waals surface area contributed by atoms with Gasteiger partial charge in [0, 0.05) is 10.5 Å². The molecule has 0 aliphatic carbocycles. The smallest absolute Gasteiger partial charge is 0.748 e. The van der Waals surface area contributed by atoms with E-state index in [9.17, 15) is 25.9 Å². The predicted octanol–water partition coefficient (Wildman–Crippen LogP) is 10.4. The normalized spacial score (nSPS) is 13.2. The maximum absolute atomic E-state index is 11.2. The molecule has 256 valence electrons. The van der Waals surface area contributed by atoms with E-state index in [1.54, 1.807) is 0 Å². The van der Waals surface area contributed by atoms with Crippen molar-refractivity contribution in [2.75, 3.05) is 0 Å². The van der Waals surface area contributed by atoms with Crippen LogP contribution in [0.15, 0.2) is 0 Å². The van der Waals surface area contributed by atoms with Crippen molar-refractivity contribution in [2.24, 2.45) is 0 Å². The summed E-state index contributed by atoms with van der Waals surface area (Å²) >= 11 is 0. The summed E-state index contributed by atoms with van der Waals surface area (Å²) in [5.41, 5.74) is 0. The third kappa shape index (κ3) is 36.1. The molecule has 2 unspecified atom stereocenters. The van der Waals surface area contributed by atoms with Crippen LogP contribution >= 0.6 is 0 Å². The Labute approximate surface area is 310 Å². The zero-order chi connectivity index (χ0) is 32.0. The fourth-order valence-electron chi connectivity index (χ4n) is 5.45. The molecule has 0 aromatic heterocycles. The molecule has 43 heavy (non-hydrogen) atoms. The topological polar surface area (TPSA) is 114 Å². The summed E-state index contributed by atoms with van der Waals surface area (Å²) in [7, 11) is -8.19. The summed E-state index contributed by atoms with van der Waals surface area (Å²) in [6.45, 7) is 8.51. The van der Waals surface area contributed by atoms with E-state index in [0.29, 0.717) is 25.7 Å². The van der Waals surface area contributed by atoms with Gasteiger partial charge in [-0.3, -0.25) is 0 Å². The van der Waals surface area contributed by atoms with E-state index in [1.165, 1.54) is 103 Å². The van der Waals surface area contributed by atoms with Gasteiger partial charge < -0.3 is 9.11 Å². The largest absolute Gasteiger partial charge is 2.00 e. The second-order valence-electron chi connectivity index (χ2n) is 12.5. The van der Waals surface area contributed by atoms with E-state index in [-0.39, 0.29) is 48.9 Å². The first-order chi connectivity index (χ1) is 20.0. The summed E-state index contributed by atoms with van der Waals surface area (Å²) in [4.78, 5) is 0. The molecular formula is C34H70BaO6S2. The fraction of sp³-hybridized carbons (Fsp3) is 1.00. The minimum Gasteiger partial charge on any atom is -0.748 e. The van der Waals surface area contributed by atoms with Gasteiger partial charge in [-0.1, -0.05) is 182 Å². The van der Waals surface area contributed by atoms with Gasteiger partial charge in [0.25, 0.3) is 0 Å². The standard InChI is InChI=1S/2C17H36O3S.Ba/c2*1-3-5-7-8-9-10-11-12-13-14-16-17(15-6-4-2)21(18,19)20;/h2*17H,3-16H2,1-2H3,(H,18,19,20);/q;;+2/p-2. The Morgan fingerprint density at radius 1 is 0.349 bits per heavy atom. The molecule has 0 saturated heterocycles. The molecular weight excluding hydrogens is 706 g/mol. The van der Waals surface area contributed by atoms with E-state index < -0.39 is 30.7 Å². The Hall–Kier alpha value is 1.39. The van der Waals surface area contributed by atoms with Crippen molar-refractivity contribution in [1.29, 1.82) is 0 Å². The van der Waals surface area contributed by atoms with Gasteiger partial charge in [-0.05, 0) is 25.7 Å². The van der Waals surface area contributed by atoms with Crippen molar-refractivity contribution >= 4 is 69.1 Å². The molecule has 0 bridgehead atoms. The Bertz CT molecular complexity index is 695.